The van der Waals surface area contributed by atoms with Crippen LogP contribution in [-0.4, -0.2) is 69.4 Å². The molecule has 1 atom stereocenters. The number of ether oxygens (including phenoxy) is 3. The number of oxazole rings is 1. The quantitative estimate of drug-likeness (QED) is 0.639. The molecule has 158 valence electrons. The Morgan fingerprint density at radius 3 is 2.40 bits per heavy atom. The van der Waals surface area contributed by atoms with E-state index >= 15 is 0 Å². The number of hydrogen-bond acceptors (Lipinski definition) is 7. The van der Waals surface area contributed by atoms with E-state index in [-0.39, 0.29) is 12.0 Å². The molecule has 1 amide bonds. The Morgan fingerprint density at radius 1 is 1.00 bits per heavy atom. The molecular weight excluding hydrogens is 386 g/mol. The van der Waals surface area contributed by atoms with E-state index < -0.39 is 0 Å². The lowest BCUT2D eigenvalue weighted by Gasteiger charge is -2.24. The molecule has 1 saturated heterocycles. The Kier molecular flexibility index (Phi) is 5.76. The van der Waals surface area contributed by atoms with Crippen molar-refractivity contribution >= 4 is 23.0 Å². The molecule has 0 spiro atoms. The SMILES string of the molecule is COc1cccc(OC)c1C(=O)N1CCN(c2nc3ccccc3o2)CC(OC)C1. The Labute approximate surface area is 174 Å². The molecule has 1 aliphatic rings. The third kappa shape index (κ3) is 3.78. The average molecular weight is 411 g/mol. The van der Waals surface area contributed by atoms with Gasteiger partial charge in [-0.2, -0.15) is 4.98 Å². The van der Waals surface area contributed by atoms with Crippen molar-refractivity contribution in [2.75, 3.05) is 52.4 Å². The van der Waals surface area contributed by atoms with Gasteiger partial charge < -0.3 is 28.4 Å². The second-order valence-corrected chi connectivity index (χ2v) is 7.06. The molecule has 1 unspecified atom stereocenters. The van der Waals surface area contributed by atoms with Crippen molar-refractivity contribution in [3.05, 3.63) is 48.0 Å². The summed E-state index contributed by atoms with van der Waals surface area (Å²) in [6.45, 7) is 2.05. The summed E-state index contributed by atoms with van der Waals surface area (Å²) in [7, 11) is 4.73. The first-order valence-electron chi connectivity index (χ1n) is 9.78. The molecule has 8 heteroatoms. The zero-order valence-electron chi connectivity index (χ0n) is 17.3. The lowest BCUT2D eigenvalue weighted by atomic mass is 10.1. The third-order valence-corrected chi connectivity index (χ3v) is 5.30. The number of nitrogens with zero attached hydrogens (tertiary/aromatic N) is 3. The van der Waals surface area contributed by atoms with Crippen LogP contribution in [-0.2, 0) is 4.74 Å². The van der Waals surface area contributed by atoms with Crippen LogP contribution in [0, 0.1) is 0 Å². The van der Waals surface area contributed by atoms with Gasteiger partial charge in [-0.3, -0.25) is 4.79 Å². The first kappa shape index (κ1) is 20.0. The molecule has 0 N–H and O–H groups in total. The fourth-order valence-electron chi connectivity index (χ4n) is 3.70. The van der Waals surface area contributed by atoms with E-state index in [0.29, 0.717) is 49.3 Å². The number of aromatic nitrogens is 1. The molecule has 0 saturated carbocycles. The van der Waals surface area contributed by atoms with Crippen molar-refractivity contribution in [3.63, 3.8) is 0 Å². The minimum absolute atomic E-state index is 0.161. The number of para-hydroxylation sites is 2. The minimum Gasteiger partial charge on any atom is -0.496 e. The Hall–Kier alpha value is -3.26. The van der Waals surface area contributed by atoms with Crippen molar-refractivity contribution < 1.29 is 23.4 Å². The normalized spacial score (nSPS) is 17.1. The number of methoxy groups -OCH3 is 3. The van der Waals surface area contributed by atoms with Crippen LogP contribution >= 0.6 is 0 Å². The van der Waals surface area contributed by atoms with Crippen LogP contribution < -0.4 is 14.4 Å². The first-order valence-corrected chi connectivity index (χ1v) is 9.78. The van der Waals surface area contributed by atoms with Gasteiger partial charge in [-0.05, 0) is 24.3 Å². The molecule has 4 rings (SSSR count). The smallest absolute Gasteiger partial charge is 0.298 e. The van der Waals surface area contributed by atoms with Gasteiger partial charge >= 0.3 is 0 Å². The Balaban J connectivity index is 1.60. The number of carbonyl (C=O) groups is 1. The van der Waals surface area contributed by atoms with E-state index in [4.69, 9.17) is 18.6 Å². The molecule has 2 heterocycles. The molecule has 3 aromatic rings. The highest BCUT2D eigenvalue weighted by molar-refractivity contribution is 5.99. The van der Waals surface area contributed by atoms with Gasteiger partial charge in [0, 0.05) is 26.7 Å². The van der Waals surface area contributed by atoms with E-state index in [2.05, 4.69) is 4.98 Å². The Morgan fingerprint density at radius 2 is 1.73 bits per heavy atom. The number of fused-ring (bicyclic) bond motifs is 1. The predicted octanol–water partition coefficient (Wildman–Crippen LogP) is 2.82. The Bertz CT molecular complexity index is 979. The maximum absolute atomic E-state index is 13.4. The lowest BCUT2D eigenvalue weighted by Crippen LogP contribution is -2.38. The third-order valence-electron chi connectivity index (χ3n) is 5.30. The van der Waals surface area contributed by atoms with Crippen LogP contribution in [0.1, 0.15) is 10.4 Å². The number of anilines is 1. The highest BCUT2D eigenvalue weighted by Gasteiger charge is 2.31. The van der Waals surface area contributed by atoms with E-state index in [1.165, 1.54) is 0 Å². The number of rotatable bonds is 5. The lowest BCUT2D eigenvalue weighted by molar-refractivity contribution is 0.0560. The standard InChI is InChI=1S/C22H25N3O5/c1-27-15-13-24(21(26)20-18(28-2)9-6-10-19(20)29-3)11-12-25(14-15)22-23-16-7-4-5-8-17(16)30-22/h4-10,15H,11-14H2,1-3H3. The van der Waals surface area contributed by atoms with Crippen molar-refractivity contribution in [1.82, 2.24) is 9.88 Å². The molecule has 30 heavy (non-hydrogen) atoms. The zero-order chi connectivity index (χ0) is 21.1. The van der Waals surface area contributed by atoms with Crippen LogP contribution in [0.15, 0.2) is 46.9 Å². The van der Waals surface area contributed by atoms with Crippen molar-refractivity contribution in [2.45, 2.75) is 6.10 Å². The summed E-state index contributed by atoms with van der Waals surface area (Å²) in [4.78, 5) is 21.8. The molecule has 1 aliphatic heterocycles. The van der Waals surface area contributed by atoms with Crippen molar-refractivity contribution in [1.29, 1.82) is 0 Å². The molecule has 1 fully saturated rings. The summed E-state index contributed by atoms with van der Waals surface area (Å²) in [5, 5.41) is 0. The fourth-order valence-corrected chi connectivity index (χ4v) is 3.70. The van der Waals surface area contributed by atoms with Gasteiger partial charge in [0.05, 0.1) is 26.9 Å². The summed E-state index contributed by atoms with van der Waals surface area (Å²) in [5.41, 5.74) is 1.95. The number of amides is 1. The van der Waals surface area contributed by atoms with Crippen molar-refractivity contribution in [3.8, 4) is 11.5 Å². The average Bonchev–Trinajstić information content (AvgIpc) is 3.10. The number of benzene rings is 2. The number of carbonyl (C=O) groups excluding carboxylic acids is 1. The van der Waals surface area contributed by atoms with Gasteiger partial charge in [0.25, 0.3) is 11.9 Å². The molecular formula is C22H25N3O5. The summed E-state index contributed by atoms with van der Waals surface area (Å²) in [6.07, 6.45) is -0.202. The summed E-state index contributed by atoms with van der Waals surface area (Å²) < 4.78 is 22.4. The largest absolute Gasteiger partial charge is 0.496 e. The first-order chi connectivity index (χ1) is 14.6. The second kappa shape index (κ2) is 8.62. The van der Waals surface area contributed by atoms with Gasteiger partial charge in [-0.25, -0.2) is 0 Å². The van der Waals surface area contributed by atoms with Gasteiger partial charge in [0.15, 0.2) is 5.58 Å². The van der Waals surface area contributed by atoms with Crippen LogP contribution in [0.3, 0.4) is 0 Å². The van der Waals surface area contributed by atoms with Crippen LogP contribution in [0.25, 0.3) is 11.1 Å². The number of hydrogen-bond donors (Lipinski definition) is 0. The second-order valence-electron chi connectivity index (χ2n) is 7.06. The van der Waals surface area contributed by atoms with Gasteiger partial charge in [0.1, 0.15) is 22.6 Å². The van der Waals surface area contributed by atoms with Crippen LogP contribution in [0.4, 0.5) is 6.01 Å². The van der Waals surface area contributed by atoms with Crippen LogP contribution in [0.5, 0.6) is 11.5 Å². The van der Waals surface area contributed by atoms with Gasteiger partial charge in [-0.1, -0.05) is 18.2 Å². The van der Waals surface area contributed by atoms with E-state index in [0.717, 1.165) is 11.1 Å². The maximum atomic E-state index is 13.4. The summed E-state index contributed by atoms with van der Waals surface area (Å²) >= 11 is 0. The van der Waals surface area contributed by atoms with E-state index in [9.17, 15) is 4.79 Å². The molecule has 8 nitrogen and oxygen atoms in total. The minimum atomic E-state index is -0.202. The fraction of sp³-hybridized carbons (Fsp3) is 0.364. The molecule has 0 radical (unpaired) electrons. The van der Waals surface area contributed by atoms with Gasteiger partial charge in [-0.15, -0.1) is 0 Å². The zero-order valence-corrected chi connectivity index (χ0v) is 17.3. The van der Waals surface area contributed by atoms with E-state index in [1.54, 1.807) is 44.4 Å². The van der Waals surface area contributed by atoms with Crippen LogP contribution in [0.2, 0.25) is 0 Å². The summed E-state index contributed by atoms with van der Waals surface area (Å²) in [6, 6.07) is 13.5. The highest BCUT2D eigenvalue weighted by Crippen LogP contribution is 2.30. The maximum Gasteiger partial charge on any atom is 0.298 e. The monoisotopic (exact) mass is 411 g/mol. The topological polar surface area (TPSA) is 77.3 Å². The molecule has 1 aromatic heterocycles. The predicted molar refractivity (Wildman–Crippen MR) is 112 cm³/mol. The van der Waals surface area contributed by atoms with E-state index in [1.807, 2.05) is 29.2 Å². The highest BCUT2D eigenvalue weighted by atomic mass is 16.5. The molecule has 2 aromatic carbocycles. The van der Waals surface area contributed by atoms with Gasteiger partial charge in [0.2, 0.25) is 0 Å². The van der Waals surface area contributed by atoms with Crippen molar-refractivity contribution in [2.24, 2.45) is 0 Å². The summed E-state index contributed by atoms with van der Waals surface area (Å²) in [5.74, 6) is 0.799. The molecule has 0 bridgehead atoms. The molecule has 0 aliphatic carbocycles.